The van der Waals surface area contributed by atoms with Gasteiger partial charge in [0, 0.05) is 25.2 Å². The number of amides is 2. The number of carbonyl (C=O) groups excluding carboxylic acids is 2. The van der Waals surface area contributed by atoms with Crippen molar-refractivity contribution in [3.05, 3.63) is 54.0 Å². The predicted molar refractivity (Wildman–Crippen MR) is 108 cm³/mol. The van der Waals surface area contributed by atoms with E-state index >= 15 is 0 Å². The van der Waals surface area contributed by atoms with Crippen molar-refractivity contribution in [3.8, 4) is 0 Å². The number of aromatic nitrogens is 1. The molecule has 1 aromatic heterocycles. The van der Waals surface area contributed by atoms with Gasteiger partial charge in [0.25, 0.3) is 5.91 Å². The van der Waals surface area contributed by atoms with Crippen molar-refractivity contribution in [1.82, 2.24) is 25.4 Å². The van der Waals surface area contributed by atoms with Gasteiger partial charge in [-0.25, -0.2) is 9.37 Å². The molecule has 10 heteroatoms. The zero-order valence-electron chi connectivity index (χ0n) is 17.4. The molecule has 1 aromatic carbocycles. The van der Waals surface area contributed by atoms with E-state index in [9.17, 15) is 19.1 Å². The van der Waals surface area contributed by atoms with Crippen LogP contribution in [-0.4, -0.2) is 68.6 Å². The van der Waals surface area contributed by atoms with Gasteiger partial charge in [-0.3, -0.25) is 19.8 Å². The monoisotopic (exact) mass is 431 g/mol. The van der Waals surface area contributed by atoms with Crippen molar-refractivity contribution in [2.24, 2.45) is 0 Å². The molecule has 4 rings (SSSR count). The fourth-order valence-corrected chi connectivity index (χ4v) is 4.22. The lowest BCUT2D eigenvalue weighted by atomic mass is 9.88. The summed E-state index contributed by atoms with van der Waals surface area (Å²) >= 11 is 0. The summed E-state index contributed by atoms with van der Waals surface area (Å²) in [4.78, 5) is 33.7. The first-order valence-electron chi connectivity index (χ1n) is 10.2. The highest BCUT2D eigenvalue weighted by atomic mass is 19.1. The van der Waals surface area contributed by atoms with E-state index in [0.29, 0.717) is 12.4 Å². The number of rotatable bonds is 5. The molecule has 2 saturated heterocycles. The van der Waals surface area contributed by atoms with Crippen LogP contribution in [0.4, 0.5) is 4.39 Å². The second-order valence-corrected chi connectivity index (χ2v) is 8.39. The van der Waals surface area contributed by atoms with Crippen LogP contribution in [0.3, 0.4) is 0 Å². The molecule has 2 aromatic rings. The Labute approximate surface area is 179 Å². The Hall–Kier alpha value is -2.82. The maximum atomic E-state index is 13.2. The zero-order valence-corrected chi connectivity index (χ0v) is 17.4. The molecule has 9 nitrogen and oxygen atoms in total. The molecule has 2 aliphatic rings. The Morgan fingerprint density at radius 2 is 2.13 bits per heavy atom. The summed E-state index contributed by atoms with van der Waals surface area (Å²) in [7, 11) is 0. The molecule has 0 aliphatic carbocycles. The quantitative estimate of drug-likeness (QED) is 0.621. The minimum absolute atomic E-state index is 0.111. The van der Waals surface area contributed by atoms with Crippen LogP contribution in [0.25, 0.3) is 0 Å². The largest absolute Gasteiger partial charge is 0.448 e. The van der Waals surface area contributed by atoms with Crippen molar-refractivity contribution in [2.75, 3.05) is 13.1 Å². The maximum Gasteiger partial charge on any atom is 0.254 e. The van der Waals surface area contributed by atoms with Crippen LogP contribution in [0.15, 0.2) is 41.1 Å². The highest BCUT2D eigenvalue weighted by Crippen LogP contribution is 2.33. The molecule has 3 heterocycles. The van der Waals surface area contributed by atoms with E-state index in [1.54, 1.807) is 18.3 Å². The molecule has 2 fully saturated rings. The number of oxazole rings is 1. The third-order valence-corrected chi connectivity index (χ3v) is 6.03. The van der Waals surface area contributed by atoms with Crippen molar-refractivity contribution >= 4 is 11.8 Å². The normalized spacial score (nSPS) is 25.9. The fourth-order valence-electron chi connectivity index (χ4n) is 4.22. The van der Waals surface area contributed by atoms with Gasteiger partial charge in [-0.15, -0.1) is 0 Å². The van der Waals surface area contributed by atoms with Crippen LogP contribution >= 0.6 is 0 Å². The van der Waals surface area contributed by atoms with E-state index in [1.807, 2.05) is 18.7 Å². The maximum absolute atomic E-state index is 13.2. The molecule has 0 saturated carbocycles. The summed E-state index contributed by atoms with van der Waals surface area (Å²) in [5.41, 5.74) is 0.181. The molecule has 2 amide bonds. The lowest BCUT2D eigenvalue weighted by Crippen LogP contribution is -2.79. The summed E-state index contributed by atoms with van der Waals surface area (Å²) < 4.78 is 18.5. The molecule has 0 spiro atoms. The lowest BCUT2D eigenvalue weighted by molar-refractivity contribution is -0.174. The SMILES string of the molecule is CC1(C)C2NCC(O)C(=O)N2C(C(=O)NCc2ccc(F)cc2)CN1Cc1ncco1. The topological polar surface area (TPSA) is 111 Å². The van der Waals surface area contributed by atoms with Gasteiger partial charge in [-0.1, -0.05) is 12.1 Å². The molecule has 0 bridgehead atoms. The Bertz CT molecular complexity index is 934. The minimum atomic E-state index is -1.21. The van der Waals surface area contributed by atoms with E-state index in [0.717, 1.165) is 5.56 Å². The van der Waals surface area contributed by atoms with Crippen LogP contribution in [-0.2, 0) is 22.7 Å². The number of halogens is 1. The van der Waals surface area contributed by atoms with E-state index in [4.69, 9.17) is 4.42 Å². The van der Waals surface area contributed by atoms with E-state index in [2.05, 4.69) is 15.6 Å². The van der Waals surface area contributed by atoms with Gasteiger partial charge in [0.2, 0.25) is 11.8 Å². The fraction of sp³-hybridized carbons (Fsp3) is 0.476. The van der Waals surface area contributed by atoms with E-state index in [1.165, 1.54) is 23.3 Å². The van der Waals surface area contributed by atoms with Gasteiger partial charge >= 0.3 is 0 Å². The average Bonchev–Trinajstić information content (AvgIpc) is 3.25. The Balaban J connectivity index is 1.57. The Morgan fingerprint density at radius 3 is 2.81 bits per heavy atom. The number of nitrogens with one attached hydrogen (secondary N) is 2. The Kier molecular flexibility index (Phi) is 5.78. The predicted octanol–water partition coefficient (Wildman–Crippen LogP) is 0.212. The molecule has 2 aliphatic heterocycles. The minimum Gasteiger partial charge on any atom is -0.448 e. The number of aliphatic hydroxyl groups excluding tert-OH is 1. The van der Waals surface area contributed by atoms with Crippen molar-refractivity contribution in [3.63, 3.8) is 0 Å². The lowest BCUT2D eigenvalue weighted by Gasteiger charge is -2.57. The average molecular weight is 431 g/mol. The van der Waals surface area contributed by atoms with E-state index in [-0.39, 0.29) is 31.4 Å². The number of hydrogen-bond acceptors (Lipinski definition) is 7. The summed E-state index contributed by atoms with van der Waals surface area (Å²) in [6, 6.07) is 5.01. The standard InChI is InChI=1S/C21H26FN5O4/c1-21(2)20-25-10-16(28)19(30)27(20)15(11-26(21)12-17-23-7-8-31-17)18(29)24-9-13-3-5-14(22)6-4-13/h3-8,15-16,20,25,28H,9-12H2,1-2H3,(H,24,29). The van der Waals surface area contributed by atoms with Gasteiger partial charge in [0.15, 0.2) is 0 Å². The van der Waals surface area contributed by atoms with Gasteiger partial charge in [-0.2, -0.15) is 0 Å². The molecule has 3 N–H and O–H groups in total. The van der Waals surface area contributed by atoms with Gasteiger partial charge in [-0.05, 0) is 31.5 Å². The number of carbonyl (C=O) groups is 2. The van der Waals surface area contributed by atoms with Crippen LogP contribution in [0.2, 0.25) is 0 Å². The number of benzene rings is 1. The molecule has 0 radical (unpaired) electrons. The molecular weight excluding hydrogens is 405 g/mol. The third kappa shape index (κ3) is 4.18. The second kappa shape index (κ2) is 8.37. The number of β-amino-alcohol motifs (C(OH)–C–C–N with tert-alkyl or cyclic N) is 1. The first-order valence-corrected chi connectivity index (χ1v) is 10.2. The molecule has 3 atom stereocenters. The number of fused-ring (bicyclic) bond motifs is 1. The van der Waals surface area contributed by atoms with Gasteiger partial charge in [0.05, 0.1) is 12.7 Å². The van der Waals surface area contributed by atoms with Crippen LogP contribution in [0, 0.1) is 5.82 Å². The summed E-state index contributed by atoms with van der Waals surface area (Å²) in [5.74, 6) is -0.677. The van der Waals surface area contributed by atoms with Crippen molar-refractivity contribution in [2.45, 2.75) is 50.8 Å². The highest BCUT2D eigenvalue weighted by Gasteiger charge is 2.54. The highest BCUT2D eigenvalue weighted by molar-refractivity contribution is 5.90. The van der Waals surface area contributed by atoms with E-state index < -0.39 is 29.8 Å². The van der Waals surface area contributed by atoms with Crippen LogP contribution in [0.5, 0.6) is 0 Å². The second-order valence-electron chi connectivity index (χ2n) is 8.39. The van der Waals surface area contributed by atoms with Gasteiger partial charge < -0.3 is 19.7 Å². The first kappa shape index (κ1) is 21.4. The van der Waals surface area contributed by atoms with Gasteiger partial charge in [0.1, 0.15) is 30.4 Å². The number of piperazine rings is 1. The van der Waals surface area contributed by atoms with Crippen LogP contribution < -0.4 is 10.6 Å². The zero-order chi connectivity index (χ0) is 22.2. The van der Waals surface area contributed by atoms with Crippen molar-refractivity contribution < 1.29 is 23.5 Å². The smallest absolute Gasteiger partial charge is 0.254 e. The van der Waals surface area contributed by atoms with Crippen molar-refractivity contribution in [1.29, 1.82) is 0 Å². The molecular formula is C21H26FN5O4. The summed E-state index contributed by atoms with van der Waals surface area (Å²) in [6.45, 7) is 4.85. The molecule has 166 valence electrons. The molecule has 3 unspecified atom stereocenters. The number of hydrogen-bond donors (Lipinski definition) is 3. The number of aliphatic hydroxyl groups is 1. The molecule has 31 heavy (non-hydrogen) atoms. The third-order valence-electron chi connectivity index (χ3n) is 6.03. The Morgan fingerprint density at radius 1 is 1.39 bits per heavy atom. The summed E-state index contributed by atoms with van der Waals surface area (Å²) in [6.07, 6.45) is 1.35. The van der Waals surface area contributed by atoms with Crippen LogP contribution in [0.1, 0.15) is 25.3 Å². The summed E-state index contributed by atoms with van der Waals surface area (Å²) in [5, 5.41) is 16.2. The first-order chi connectivity index (χ1) is 14.8. The number of nitrogens with zero attached hydrogens (tertiary/aromatic N) is 3.